The summed E-state index contributed by atoms with van der Waals surface area (Å²) in [5.74, 6) is 0.0640. The van der Waals surface area contributed by atoms with Gasteiger partial charge < -0.3 is 15.4 Å². The van der Waals surface area contributed by atoms with E-state index in [1.165, 1.54) is 0 Å². The molecule has 20 heavy (non-hydrogen) atoms. The summed E-state index contributed by atoms with van der Waals surface area (Å²) in [6, 6.07) is 0.641. The van der Waals surface area contributed by atoms with E-state index >= 15 is 0 Å². The summed E-state index contributed by atoms with van der Waals surface area (Å²) in [5, 5.41) is 0. The minimum Gasteiger partial charge on any atom is -0.381 e. The second kappa shape index (κ2) is 8.39. The van der Waals surface area contributed by atoms with Crippen LogP contribution in [0.25, 0.3) is 0 Å². The second-order valence-electron chi connectivity index (χ2n) is 5.89. The number of hydrogen-bond donors (Lipinski definition) is 1. The Hall–Kier alpha value is -0.0700. The van der Waals surface area contributed by atoms with Gasteiger partial charge in [-0.2, -0.15) is 0 Å². The highest BCUT2D eigenvalue weighted by atomic mass is 35.5. The van der Waals surface area contributed by atoms with Crippen molar-refractivity contribution in [2.45, 2.75) is 38.3 Å². The molecule has 0 saturated carbocycles. The molecule has 5 nitrogen and oxygen atoms in total. The quantitative estimate of drug-likeness (QED) is 0.818. The summed E-state index contributed by atoms with van der Waals surface area (Å²) in [4.78, 5) is 16.5. The van der Waals surface area contributed by atoms with Gasteiger partial charge in [0.1, 0.15) is 0 Å². The maximum Gasteiger partial charge on any atom is 0.242 e. The smallest absolute Gasteiger partial charge is 0.242 e. The largest absolute Gasteiger partial charge is 0.381 e. The average Bonchev–Trinajstić information content (AvgIpc) is 2.38. The number of nitrogens with two attached hydrogens (primary N) is 1. The number of hydrogen-bond acceptors (Lipinski definition) is 4. The van der Waals surface area contributed by atoms with E-state index in [0.29, 0.717) is 6.04 Å². The maximum absolute atomic E-state index is 12.1. The van der Waals surface area contributed by atoms with Gasteiger partial charge in [-0.1, -0.05) is 0 Å². The Balaban J connectivity index is 0.00000180. The van der Waals surface area contributed by atoms with Gasteiger partial charge in [-0.05, 0) is 26.7 Å². The van der Waals surface area contributed by atoms with Gasteiger partial charge in [0.2, 0.25) is 5.91 Å². The minimum atomic E-state index is -0.749. The molecular formula is C13H27Cl2N3O2. The van der Waals surface area contributed by atoms with E-state index in [0.717, 1.165) is 52.2 Å². The molecule has 2 heterocycles. The van der Waals surface area contributed by atoms with Crippen molar-refractivity contribution in [2.24, 2.45) is 5.73 Å². The number of piperazine rings is 1. The van der Waals surface area contributed by atoms with Crippen molar-refractivity contribution < 1.29 is 9.53 Å². The Kier molecular flexibility index (Phi) is 8.36. The summed E-state index contributed by atoms with van der Waals surface area (Å²) < 4.78 is 5.39. The van der Waals surface area contributed by atoms with Gasteiger partial charge in [-0.3, -0.25) is 9.69 Å². The molecule has 0 aliphatic carbocycles. The molecule has 0 aromatic carbocycles. The number of nitrogens with zero attached hydrogens (tertiary/aromatic N) is 2. The van der Waals surface area contributed by atoms with Crippen molar-refractivity contribution in [2.75, 3.05) is 39.4 Å². The summed E-state index contributed by atoms with van der Waals surface area (Å²) in [6.07, 6.45) is 2.24. The molecule has 2 saturated heterocycles. The molecule has 1 amide bonds. The van der Waals surface area contributed by atoms with Crippen molar-refractivity contribution in [1.29, 1.82) is 0 Å². The van der Waals surface area contributed by atoms with Gasteiger partial charge in [-0.15, -0.1) is 24.8 Å². The molecule has 2 fully saturated rings. The van der Waals surface area contributed by atoms with E-state index in [2.05, 4.69) is 4.90 Å². The monoisotopic (exact) mass is 327 g/mol. The van der Waals surface area contributed by atoms with Gasteiger partial charge in [-0.25, -0.2) is 0 Å². The number of amides is 1. The number of carbonyl (C=O) groups excluding carboxylic acids is 1. The summed E-state index contributed by atoms with van der Waals surface area (Å²) >= 11 is 0. The zero-order valence-corrected chi connectivity index (χ0v) is 14.0. The third-order valence-corrected chi connectivity index (χ3v) is 3.86. The van der Waals surface area contributed by atoms with E-state index in [1.54, 1.807) is 13.8 Å². The molecule has 0 spiro atoms. The lowest BCUT2D eigenvalue weighted by molar-refractivity contribution is -0.138. The Morgan fingerprint density at radius 2 is 1.60 bits per heavy atom. The fraction of sp³-hybridized carbons (Fsp3) is 0.923. The highest BCUT2D eigenvalue weighted by Gasteiger charge is 2.32. The molecule has 0 aromatic rings. The summed E-state index contributed by atoms with van der Waals surface area (Å²) in [5.41, 5.74) is 5.12. The van der Waals surface area contributed by atoms with Crippen LogP contribution in [0, 0.1) is 0 Å². The Morgan fingerprint density at radius 3 is 2.05 bits per heavy atom. The van der Waals surface area contributed by atoms with Crippen LogP contribution >= 0.6 is 24.8 Å². The first kappa shape index (κ1) is 19.9. The van der Waals surface area contributed by atoms with Gasteiger partial charge in [0, 0.05) is 45.4 Å². The third-order valence-electron chi connectivity index (χ3n) is 3.86. The number of carbonyl (C=O) groups is 1. The molecule has 2 N–H and O–H groups in total. The first-order chi connectivity index (χ1) is 8.48. The molecule has 2 rings (SSSR count). The van der Waals surface area contributed by atoms with Gasteiger partial charge in [0.25, 0.3) is 0 Å². The van der Waals surface area contributed by atoms with Gasteiger partial charge in [0.15, 0.2) is 0 Å². The van der Waals surface area contributed by atoms with Crippen LogP contribution in [0.15, 0.2) is 0 Å². The average molecular weight is 328 g/mol. The summed E-state index contributed by atoms with van der Waals surface area (Å²) in [6.45, 7) is 8.84. The normalized spacial score (nSPS) is 21.9. The topological polar surface area (TPSA) is 58.8 Å². The van der Waals surface area contributed by atoms with Crippen LogP contribution in [0.1, 0.15) is 26.7 Å². The second-order valence-corrected chi connectivity index (χ2v) is 5.89. The number of halogens is 2. The summed E-state index contributed by atoms with van der Waals surface area (Å²) in [7, 11) is 0. The lowest BCUT2D eigenvalue weighted by Crippen LogP contribution is -2.58. The molecule has 2 aliphatic heterocycles. The molecule has 120 valence electrons. The molecule has 2 aliphatic rings. The van der Waals surface area contributed by atoms with Crippen LogP contribution in [0.2, 0.25) is 0 Å². The predicted octanol–water partition coefficient (Wildman–Crippen LogP) is 0.890. The minimum absolute atomic E-state index is 0. The molecule has 0 aromatic heterocycles. The highest BCUT2D eigenvalue weighted by Crippen LogP contribution is 2.17. The molecular weight excluding hydrogens is 301 g/mol. The lowest BCUT2D eigenvalue weighted by atomic mass is 10.0. The fourth-order valence-electron chi connectivity index (χ4n) is 2.75. The van der Waals surface area contributed by atoms with Crippen LogP contribution < -0.4 is 5.73 Å². The van der Waals surface area contributed by atoms with Crippen LogP contribution in [0.3, 0.4) is 0 Å². The van der Waals surface area contributed by atoms with Crippen molar-refractivity contribution in [3.63, 3.8) is 0 Å². The zero-order valence-electron chi connectivity index (χ0n) is 12.3. The first-order valence-electron chi connectivity index (χ1n) is 6.88. The van der Waals surface area contributed by atoms with E-state index in [9.17, 15) is 4.79 Å². The molecule has 0 unspecified atom stereocenters. The van der Waals surface area contributed by atoms with Crippen LogP contribution in [-0.4, -0.2) is 66.7 Å². The zero-order chi connectivity index (χ0) is 13.2. The number of rotatable bonds is 2. The SMILES string of the molecule is CC(C)(N)C(=O)N1CCN(C2CCOCC2)CC1.Cl.Cl. The molecule has 0 bridgehead atoms. The molecule has 0 atom stereocenters. The Morgan fingerprint density at radius 1 is 1.10 bits per heavy atom. The van der Waals surface area contributed by atoms with E-state index in [4.69, 9.17) is 10.5 Å². The standard InChI is InChI=1S/C13H25N3O2.2ClH/c1-13(2,14)12(17)16-7-5-15(6-8-16)11-3-9-18-10-4-11;;/h11H,3-10,14H2,1-2H3;2*1H. The molecule has 7 heteroatoms. The van der Waals surface area contributed by atoms with Crippen molar-refractivity contribution in [1.82, 2.24) is 9.80 Å². The number of ether oxygens (including phenoxy) is 1. The van der Waals surface area contributed by atoms with Crippen LogP contribution in [0.5, 0.6) is 0 Å². The molecule has 0 radical (unpaired) electrons. The highest BCUT2D eigenvalue weighted by molar-refractivity contribution is 5.86. The van der Waals surface area contributed by atoms with E-state index < -0.39 is 5.54 Å². The Labute approximate surface area is 134 Å². The fourth-order valence-corrected chi connectivity index (χ4v) is 2.75. The Bertz CT molecular complexity index is 296. The van der Waals surface area contributed by atoms with Crippen LogP contribution in [-0.2, 0) is 9.53 Å². The van der Waals surface area contributed by atoms with Gasteiger partial charge >= 0.3 is 0 Å². The third kappa shape index (κ3) is 5.04. The maximum atomic E-state index is 12.1. The van der Waals surface area contributed by atoms with Crippen molar-refractivity contribution >= 4 is 30.7 Å². The first-order valence-corrected chi connectivity index (χ1v) is 6.88. The van der Waals surface area contributed by atoms with Crippen molar-refractivity contribution in [3.05, 3.63) is 0 Å². The van der Waals surface area contributed by atoms with Crippen molar-refractivity contribution in [3.8, 4) is 0 Å². The van der Waals surface area contributed by atoms with E-state index in [-0.39, 0.29) is 30.7 Å². The van der Waals surface area contributed by atoms with Crippen LogP contribution in [0.4, 0.5) is 0 Å². The van der Waals surface area contributed by atoms with Gasteiger partial charge in [0.05, 0.1) is 5.54 Å². The van der Waals surface area contributed by atoms with E-state index in [1.807, 2.05) is 4.90 Å². The lowest BCUT2D eigenvalue weighted by Gasteiger charge is -2.42. The predicted molar refractivity (Wildman–Crippen MR) is 84.8 cm³/mol.